The first kappa shape index (κ1) is 24.2. The number of nitrogens with two attached hydrogens (primary N) is 1. The molecule has 0 atom stereocenters. The van der Waals surface area contributed by atoms with Crippen LogP contribution in [0.15, 0.2) is 54.9 Å². The number of nitrogen functional groups attached to an aromatic ring is 1. The van der Waals surface area contributed by atoms with E-state index < -0.39 is 17.6 Å². The first-order valence-electron chi connectivity index (χ1n) is 11.4. The number of halogens is 3. The van der Waals surface area contributed by atoms with E-state index in [4.69, 9.17) is 5.73 Å². The Kier molecular flexibility index (Phi) is 6.02. The fraction of sp³-hybridized carbons (Fsp3) is 0.240. The second kappa shape index (κ2) is 9.19. The Bertz CT molecular complexity index is 1490. The Morgan fingerprint density at radius 1 is 0.892 bits per heavy atom. The Morgan fingerprint density at radius 3 is 2.22 bits per heavy atom. The molecular formula is C25H22F3N7O2. The zero-order chi connectivity index (χ0) is 26.3. The molecule has 4 heterocycles. The molecule has 2 amide bonds. The van der Waals surface area contributed by atoms with Crippen LogP contribution >= 0.6 is 0 Å². The van der Waals surface area contributed by atoms with Crippen LogP contribution in [0.5, 0.6) is 0 Å². The summed E-state index contributed by atoms with van der Waals surface area (Å²) in [7, 11) is 0. The number of piperazine rings is 1. The van der Waals surface area contributed by atoms with Gasteiger partial charge in [0.15, 0.2) is 5.65 Å². The number of pyridine rings is 1. The van der Waals surface area contributed by atoms with Gasteiger partial charge in [-0.3, -0.25) is 9.59 Å². The van der Waals surface area contributed by atoms with Crippen molar-refractivity contribution in [2.75, 3.05) is 31.9 Å². The normalized spacial score (nSPS) is 14.3. The SMILES string of the molecule is CC(=O)N1CCN(C(=O)c2ccc(-c3cnc4ccc(-c5cnc(N)c(C(F)(F)F)c5)nn34)cc2)CC1. The van der Waals surface area contributed by atoms with Gasteiger partial charge >= 0.3 is 6.18 Å². The predicted octanol–water partition coefficient (Wildman–Crippen LogP) is 3.36. The lowest BCUT2D eigenvalue weighted by Gasteiger charge is -2.34. The molecule has 12 heteroatoms. The number of aromatic nitrogens is 4. The Morgan fingerprint density at radius 2 is 1.57 bits per heavy atom. The number of alkyl halides is 3. The topological polar surface area (TPSA) is 110 Å². The number of amides is 2. The Labute approximate surface area is 209 Å². The van der Waals surface area contributed by atoms with E-state index in [1.807, 2.05) is 0 Å². The summed E-state index contributed by atoms with van der Waals surface area (Å²) in [6.07, 6.45) is -1.80. The molecule has 190 valence electrons. The van der Waals surface area contributed by atoms with Crippen LogP contribution in [0.3, 0.4) is 0 Å². The van der Waals surface area contributed by atoms with Crippen LogP contribution in [0.4, 0.5) is 19.0 Å². The molecular weight excluding hydrogens is 487 g/mol. The van der Waals surface area contributed by atoms with Crippen molar-refractivity contribution < 1.29 is 22.8 Å². The van der Waals surface area contributed by atoms with Crippen molar-refractivity contribution in [1.82, 2.24) is 29.4 Å². The third-order valence-corrected chi connectivity index (χ3v) is 6.32. The highest BCUT2D eigenvalue weighted by atomic mass is 19.4. The lowest BCUT2D eigenvalue weighted by atomic mass is 10.1. The van der Waals surface area contributed by atoms with E-state index >= 15 is 0 Å². The van der Waals surface area contributed by atoms with E-state index in [2.05, 4.69) is 15.1 Å². The van der Waals surface area contributed by atoms with Gasteiger partial charge in [-0.05, 0) is 30.3 Å². The third-order valence-electron chi connectivity index (χ3n) is 6.32. The minimum atomic E-state index is -4.64. The molecule has 0 bridgehead atoms. The molecule has 37 heavy (non-hydrogen) atoms. The van der Waals surface area contributed by atoms with Crippen LogP contribution in [-0.4, -0.2) is 67.4 Å². The number of nitrogens with zero attached hydrogens (tertiary/aromatic N) is 6. The van der Waals surface area contributed by atoms with Gasteiger partial charge in [-0.1, -0.05) is 12.1 Å². The van der Waals surface area contributed by atoms with Crippen LogP contribution < -0.4 is 5.73 Å². The molecule has 1 aromatic carbocycles. The molecule has 1 aliphatic rings. The highest BCUT2D eigenvalue weighted by Gasteiger charge is 2.34. The zero-order valence-corrected chi connectivity index (χ0v) is 19.7. The summed E-state index contributed by atoms with van der Waals surface area (Å²) in [4.78, 5) is 35.9. The van der Waals surface area contributed by atoms with Gasteiger partial charge in [0.25, 0.3) is 5.91 Å². The average molecular weight is 509 g/mol. The van der Waals surface area contributed by atoms with E-state index in [0.717, 1.165) is 11.6 Å². The van der Waals surface area contributed by atoms with Crippen LogP contribution in [-0.2, 0) is 11.0 Å². The summed E-state index contributed by atoms with van der Waals surface area (Å²) in [5, 5.41) is 4.49. The molecule has 3 aromatic heterocycles. The van der Waals surface area contributed by atoms with Crippen molar-refractivity contribution in [3.8, 4) is 22.5 Å². The molecule has 1 fully saturated rings. The van der Waals surface area contributed by atoms with E-state index in [1.54, 1.807) is 52.4 Å². The lowest BCUT2D eigenvalue weighted by Crippen LogP contribution is -2.50. The van der Waals surface area contributed by atoms with Crippen molar-refractivity contribution in [1.29, 1.82) is 0 Å². The number of hydrogen-bond acceptors (Lipinski definition) is 6. The molecule has 0 unspecified atom stereocenters. The average Bonchev–Trinajstić information content (AvgIpc) is 3.31. The van der Waals surface area contributed by atoms with Gasteiger partial charge in [0.2, 0.25) is 5.91 Å². The van der Waals surface area contributed by atoms with Crippen LogP contribution in [0.2, 0.25) is 0 Å². The maximum atomic E-state index is 13.3. The third kappa shape index (κ3) is 4.69. The number of hydrogen-bond donors (Lipinski definition) is 1. The first-order chi connectivity index (χ1) is 17.6. The summed E-state index contributed by atoms with van der Waals surface area (Å²) in [5.41, 5.74) is 7.15. The van der Waals surface area contributed by atoms with Gasteiger partial charge in [0.05, 0.1) is 23.1 Å². The molecule has 5 rings (SSSR count). The van der Waals surface area contributed by atoms with E-state index in [1.165, 1.54) is 17.6 Å². The predicted molar refractivity (Wildman–Crippen MR) is 129 cm³/mol. The maximum absolute atomic E-state index is 13.3. The smallest absolute Gasteiger partial charge is 0.383 e. The number of carbonyl (C=O) groups is 2. The summed E-state index contributed by atoms with van der Waals surface area (Å²) < 4.78 is 41.4. The largest absolute Gasteiger partial charge is 0.419 e. The van der Waals surface area contributed by atoms with Gasteiger partial charge in [-0.15, -0.1) is 0 Å². The van der Waals surface area contributed by atoms with Gasteiger partial charge in [-0.25, -0.2) is 14.5 Å². The summed E-state index contributed by atoms with van der Waals surface area (Å²) in [6, 6.07) is 11.1. The van der Waals surface area contributed by atoms with Gasteiger partial charge < -0.3 is 15.5 Å². The zero-order valence-electron chi connectivity index (χ0n) is 19.7. The fourth-order valence-corrected chi connectivity index (χ4v) is 4.26. The monoisotopic (exact) mass is 509 g/mol. The quantitative estimate of drug-likeness (QED) is 0.454. The summed E-state index contributed by atoms with van der Waals surface area (Å²) >= 11 is 0. The number of fused-ring (bicyclic) bond motifs is 1. The molecule has 1 aliphatic heterocycles. The molecule has 9 nitrogen and oxygen atoms in total. The first-order valence-corrected chi connectivity index (χ1v) is 11.4. The van der Waals surface area contributed by atoms with Gasteiger partial charge in [0.1, 0.15) is 5.82 Å². The van der Waals surface area contributed by atoms with Crippen molar-refractivity contribution in [2.45, 2.75) is 13.1 Å². The van der Waals surface area contributed by atoms with Crippen molar-refractivity contribution >= 4 is 23.3 Å². The number of anilines is 1. The summed E-state index contributed by atoms with van der Waals surface area (Å²) in [6.45, 7) is 3.46. The number of carbonyl (C=O) groups excluding carboxylic acids is 2. The van der Waals surface area contributed by atoms with Gasteiger partial charge in [-0.2, -0.15) is 18.3 Å². The minimum Gasteiger partial charge on any atom is -0.383 e. The minimum absolute atomic E-state index is 0.00490. The molecule has 2 N–H and O–H groups in total. The summed E-state index contributed by atoms with van der Waals surface area (Å²) in [5.74, 6) is -0.727. The second-order valence-electron chi connectivity index (χ2n) is 8.66. The number of benzene rings is 1. The molecule has 4 aromatic rings. The molecule has 0 aliphatic carbocycles. The van der Waals surface area contributed by atoms with E-state index in [-0.39, 0.29) is 23.1 Å². The standard InChI is InChI=1S/C25H22F3N7O2/c1-15(36)33-8-10-34(11-9-33)24(37)17-4-2-16(3-5-17)21-14-30-22-7-6-20(32-35(21)22)18-12-19(25(26,27)28)23(29)31-13-18/h2-7,12-14H,8-11H2,1H3,(H2,29,31). The van der Waals surface area contributed by atoms with Crippen molar-refractivity contribution in [2.24, 2.45) is 0 Å². The van der Waals surface area contributed by atoms with Crippen molar-refractivity contribution in [3.05, 3.63) is 66.0 Å². The van der Waals surface area contributed by atoms with Crippen LogP contribution in [0.1, 0.15) is 22.8 Å². The fourth-order valence-electron chi connectivity index (χ4n) is 4.26. The highest BCUT2D eigenvalue weighted by molar-refractivity contribution is 5.95. The Hall–Kier alpha value is -4.48. The van der Waals surface area contributed by atoms with E-state index in [9.17, 15) is 22.8 Å². The highest BCUT2D eigenvalue weighted by Crippen LogP contribution is 2.35. The molecule has 0 saturated carbocycles. The number of imidazole rings is 1. The van der Waals surface area contributed by atoms with Crippen LogP contribution in [0.25, 0.3) is 28.2 Å². The Balaban J connectivity index is 1.41. The van der Waals surface area contributed by atoms with E-state index in [0.29, 0.717) is 43.1 Å². The van der Waals surface area contributed by atoms with Gasteiger partial charge in [0, 0.05) is 56.0 Å². The maximum Gasteiger partial charge on any atom is 0.419 e. The lowest BCUT2D eigenvalue weighted by molar-refractivity contribution is -0.137. The number of rotatable bonds is 3. The second-order valence-corrected chi connectivity index (χ2v) is 8.66. The molecule has 0 spiro atoms. The van der Waals surface area contributed by atoms with Crippen molar-refractivity contribution in [3.63, 3.8) is 0 Å². The molecule has 0 radical (unpaired) electrons. The van der Waals surface area contributed by atoms with Crippen LogP contribution in [0, 0.1) is 0 Å². The molecule has 1 saturated heterocycles.